The largest absolute Gasteiger partial charge is 0.477 e. The van der Waals surface area contributed by atoms with Gasteiger partial charge in [-0.1, -0.05) is 0 Å². The minimum atomic E-state index is -3.09. The van der Waals surface area contributed by atoms with Gasteiger partial charge in [-0.15, -0.1) is 0 Å². The average Bonchev–Trinajstić information content (AvgIpc) is 3.00. The van der Waals surface area contributed by atoms with Crippen LogP contribution in [0.3, 0.4) is 0 Å². The molecule has 0 saturated carbocycles. The third kappa shape index (κ3) is 7.45. The molecule has 1 unspecified atom stereocenters. The molecule has 0 bridgehead atoms. The Hall–Kier alpha value is -1.74. The summed E-state index contributed by atoms with van der Waals surface area (Å²) in [4.78, 5) is 24.4. The molecule has 3 heterocycles. The van der Waals surface area contributed by atoms with E-state index in [1.54, 1.807) is 0 Å². The Bertz CT molecular complexity index is 959. The monoisotopic (exact) mass is 649 g/mol. The molecule has 0 aromatic rings. The predicted octanol–water partition coefficient (Wildman–Crippen LogP) is -9.25. The molecule has 3 fully saturated rings. The van der Waals surface area contributed by atoms with Crippen molar-refractivity contribution in [1.29, 1.82) is 0 Å². The van der Waals surface area contributed by atoms with Crippen LogP contribution in [0.25, 0.3) is 0 Å². The summed E-state index contributed by atoms with van der Waals surface area (Å²) in [5, 5.41) is 133. The Labute approximate surface area is 248 Å². The van der Waals surface area contributed by atoms with Crippen LogP contribution in [0.4, 0.5) is 0 Å². The molecule has 0 radical (unpaired) electrons. The van der Waals surface area contributed by atoms with Gasteiger partial charge in [0.1, 0.15) is 73.8 Å². The van der Waals surface area contributed by atoms with Crippen molar-refractivity contribution in [2.45, 2.75) is 104 Å². The first-order valence-electron chi connectivity index (χ1n) is 13.4. The molecule has 21 nitrogen and oxygen atoms in total. The highest BCUT2D eigenvalue weighted by atomic mass is 16.8. The number of ether oxygens (including phenoxy) is 5. The van der Waals surface area contributed by atoms with E-state index in [9.17, 15) is 70.9 Å². The van der Waals surface area contributed by atoms with Crippen LogP contribution in [0.2, 0.25) is 0 Å². The average molecular weight is 650 g/mol. The van der Waals surface area contributed by atoms with E-state index in [0.717, 1.165) is 0 Å². The number of hydrogen-bond acceptors (Lipinski definition) is 19. The number of carbonyl (C=O) groups excluding carboxylic acids is 1. The zero-order chi connectivity index (χ0) is 33.1. The molecule has 1 amide bonds. The first-order chi connectivity index (χ1) is 20.7. The lowest BCUT2D eigenvalue weighted by atomic mass is 9.88. The molecule has 44 heavy (non-hydrogen) atoms. The van der Waals surface area contributed by atoms with E-state index in [1.165, 1.54) is 0 Å². The zero-order valence-corrected chi connectivity index (χ0v) is 22.9. The summed E-state index contributed by atoms with van der Waals surface area (Å²) in [6.07, 6.45) is -28.5. The zero-order valence-electron chi connectivity index (χ0n) is 22.9. The highest BCUT2D eigenvalue weighted by Gasteiger charge is 2.60. The number of carbonyl (C=O) groups is 2. The third-order valence-electron chi connectivity index (χ3n) is 7.57. The van der Waals surface area contributed by atoms with Crippen molar-refractivity contribution in [3.8, 4) is 0 Å². The van der Waals surface area contributed by atoms with Gasteiger partial charge in [0, 0.05) is 6.42 Å². The summed E-state index contributed by atoms with van der Waals surface area (Å²) < 4.78 is 26.8. The lowest BCUT2D eigenvalue weighted by Gasteiger charge is -2.50. The number of amides is 1. The molecule has 3 aliphatic heterocycles. The lowest BCUT2D eigenvalue weighted by Crippen LogP contribution is -2.71. The van der Waals surface area contributed by atoms with E-state index in [2.05, 4.69) is 5.32 Å². The Morgan fingerprint density at radius 1 is 0.864 bits per heavy atom. The highest BCUT2D eigenvalue weighted by molar-refractivity contribution is 5.78. The van der Waals surface area contributed by atoms with E-state index >= 15 is 0 Å². The summed E-state index contributed by atoms with van der Waals surface area (Å²) in [6.45, 7) is -4.07. The maximum absolute atomic E-state index is 12.6. The maximum atomic E-state index is 12.6. The minimum absolute atomic E-state index is 0.883. The topological polar surface area (TPSA) is 355 Å². The number of nitrogens with one attached hydrogen (secondary N) is 1. The van der Waals surface area contributed by atoms with E-state index in [1.807, 2.05) is 0 Å². The molecule has 256 valence electrons. The number of carboxylic acid groups (broad SMARTS) is 1. The summed E-state index contributed by atoms with van der Waals surface area (Å²) in [6, 6.07) is -1.70. The maximum Gasteiger partial charge on any atom is 0.364 e. The molecule has 21 heteroatoms. The van der Waals surface area contributed by atoms with E-state index in [-0.39, 0.29) is 0 Å². The van der Waals surface area contributed by atoms with Gasteiger partial charge < -0.3 is 95.4 Å². The van der Waals surface area contributed by atoms with Crippen molar-refractivity contribution >= 4 is 11.9 Å². The van der Waals surface area contributed by atoms with Crippen LogP contribution in [0, 0.1) is 0 Å². The summed E-state index contributed by atoms with van der Waals surface area (Å²) in [7, 11) is 0. The molecule has 3 rings (SSSR count). The molecule has 3 saturated heterocycles. The Morgan fingerprint density at radius 3 is 2.05 bits per heavy atom. The Kier molecular flexibility index (Phi) is 12.7. The lowest BCUT2D eigenvalue weighted by molar-refractivity contribution is -0.385. The molecule has 0 aliphatic carbocycles. The van der Waals surface area contributed by atoms with Crippen molar-refractivity contribution in [3.63, 3.8) is 0 Å². The van der Waals surface area contributed by atoms with E-state index in [4.69, 9.17) is 28.8 Å². The fourth-order valence-corrected chi connectivity index (χ4v) is 5.16. The van der Waals surface area contributed by atoms with Crippen molar-refractivity contribution in [2.24, 2.45) is 0 Å². The SMILES string of the molecule is O=C(CO)N[C@H]1[C@H]([C@H](O)[C@H](O)CO)O[C@@](O[C@H]2[C@@H](O)[C@@H](CO)O[C@@H](O[C@H]3[C@H](O)[C@@H](O)C(O)O[C@@H]3CO)[C@@H]2O)(C(=O)O)C[C@@H]1O. The normalized spacial score (nSPS) is 44.5. The molecular weight excluding hydrogens is 610 g/mol. The second-order valence-corrected chi connectivity index (χ2v) is 10.5. The van der Waals surface area contributed by atoms with Crippen molar-refractivity contribution in [2.75, 3.05) is 26.4 Å². The third-order valence-corrected chi connectivity index (χ3v) is 7.57. The van der Waals surface area contributed by atoms with Crippen molar-refractivity contribution in [1.82, 2.24) is 5.32 Å². The molecule has 0 aromatic heterocycles. The summed E-state index contributed by atoms with van der Waals surface area (Å²) in [5.74, 6) is -6.21. The molecule has 0 spiro atoms. The number of hydrogen-bond donors (Lipinski definition) is 14. The number of aliphatic carboxylic acids is 1. The summed E-state index contributed by atoms with van der Waals surface area (Å²) >= 11 is 0. The molecule has 0 aromatic carbocycles. The minimum Gasteiger partial charge on any atom is -0.477 e. The van der Waals surface area contributed by atoms with Crippen LogP contribution in [-0.2, 0) is 33.3 Å². The van der Waals surface area contributed by atoms with Gasteiger partial charge in [-0.25, -0.2) is 4.79 Å². The van der Waals surface area contributed by atoms with E-state index < -0.39 is 142 Å². The number of aliphatic hydroxyl groups is 12. The fraction of sp³-hybridized carbons (Fsp3) is 0.913. The van der Waals surface area contributed by atoms with Gasteiger partial charge in [-0.2, -0.15) is 0 Å². The molecule has 3 aliphatic rings. The highest BCUT2D eigenvalue weighted by Crippen LogP contribution is 2.38. The summed E-state index contributed by atoms with van der Waals surface area (Å²) in [5.41, 5.74) is 0. The standard InChI is InChI=1S/C23H39NO20/c25-2-7(30)12(32)18-11(24-10(31)5-28)6(29)1-23(43-18,22(38)39)44-19-13(33)8(3-26)41-21(16(19)36)42-17-9(4-27)40-20(37)15(35)14(17)34/h6-9,11-21,25-30,32-37H,1-5H2,(H,24,31)(H,38,39)/t6-,7+,8+,9+,11+,12+,13-,14+,15+,16+,17+,18+,19-,20?,21-,23-/m0/s1. The van der Waals surface area contributed by atoms with Crippen LogP contribution in [0.5, 0.6) is 0 Å². The van der Waals surface area contributed by atoms with Gasteiger partial charge >= 0.3 is 5.97 Å². The molecular formula is C23H39NO20. The number of rotatable bonds is 12. The smallest absolute Gasteiger partial charge is 0.364 e. The van der Waals surface area contributed by atoms with Gasteiger partial charge in [0.15, 0.2) is 12.6 Å². The second kappa shape index (κ2) is 15.2. The van der Waals surface area contributed by atoms with Gasteiger partial charge in [0.05, 0.1) is 32.0 Å². The number of carboxylic acids is 1. The van der Waals surface area contributed by atoms with Crippen LogP contribution in [-0.4, -0.2) is 202 Å². The first-order valence-corrected chi connectivity index (χ1v) is 13.4. The van der Waals surface area contributed by atoms with Gasteiger partial charge in [-0.3, -0.25) is 4.79 Å². The van der Waals surface area contributed by atoms with Gasteiger partial charge in [0.2, 0.25) is 5.91 Å². The van der Waals surface area contributed by atoms with Crippen molar-refractivity contribution < 1.29 is 99.7 Å². The van der Waals surface area contributed by atoms with Crippen LogP contribution >= 0.6 is 0 Å². The van der Waals surface area contributed by atoms with Gasteiger partial charge in [-0.05, 0) is 0 Å². The van der Waals surface area contributed by atoms with Crippen LogP contribution in [0.1, 0.15) is 6.42 Å². The Morgan fingerprint density at radius 2 is 1.50 bits per heavy atom. The van der Waals surface area contributed by atoms with Gasteiger partial charge in [0.25, 0.3) is 5.79 Å². The van der Waals surface area contributed by atoms with Crippen LogP contribution < -0.4 is 5.32 Å². The quantitative estimate of drug-likeness (QED) is 0.0932. The van der Waals surface area contributed by atoms with E-state index in [0.29, 0.717) is 0 Å². The molecule has 14 N–H and O–H groups in total. The number of aliphatic hydroxyl groups excluding tert-OH is 12. The van der Waals surface area contributed by atoms with Crippen LogP contribution in [0.15, 0.2) is 0 Å². The second-order valence-electron chi connectivity index (χ2n) is 10.5. The van der Waals surface area contributed by atoms with Crippen molar-refractivity contribution in [3.05, 3.63) is 0 Å². The first kappa shape index (κ1) is 36.7. The Balaban J connectivity index is 1.95. The molecule has 16 atom stereocenters. The fourth-order valence-electron chi connectivity index (χ4n) is 5.16. The predicted molar refractivity (Wildman–Crippen MR) is 131 cm³/mol.